The number of anilines is 1. The number of para-hydroxylation sites is 1. The molecular weight excluding hydrogens is 282 g/mol. The lowest BCUT2D eigenvalue weighted by atomic mass is 10.2. The smallest absolute Gasteiger partial charge is 0.336 e. The van der Waals surface area contributed by atoms with Gasteiger partial charge in [-0.15, -0.1) is 0 Å². The number of hydrogen-bond donors (Lipinski definition) is 2. The summed E-state index contributed by atoms with van der Waals surface area (Å²) in [7, 11) is -1.53. The Morgan fingerprint density at radius 3 is 2.33 bits per heavy atom. The van der Waals surface area contributed by atoms with Crippen LogP contribution in [0.5, 0.6) is 0 Å². The predicted molar refractivity (Wildman–Crippen MR) is 87.3 cm³/mol. The molecule has 2 atom stereocenters. The lowest BCUT2D eigenvalue weighted by molar-refractivity contribution is -0.133. The Morgan fingerprint density at radius 2 is 1.86 bits per heavy atom. The minimum atomic E-state index is -1.53. The molecular formula is C15H23N3O2Si. The fourth-order valence-corrected chi connectivity index (χ4v) is 3.42. The zero-order chi connectivity index (χ0) is 15.8. The van der Waals surface area contributed by atoms with Gasteiger partial charge in [0, 0.05) is 11.9 Å². The molecule has 114 valence electrons. The summed E-state index contributed by atoms with van der Waals surface area (Å²) in [6.45, 7) is 8.89. The molecule has 21 heavy (non-hydrogen) atoms. The molecule has 1 aliphatic heterocycles. The van der Waals surface area contributed by atoms with E-state index in [0.29, 0.717) is 0 Å². The number of carbonyl (C=O) groups is 1. The molecule has 0 saturated carbocycles. The maximum Gasteiger partial charge on any atom is 0.336 e. The van der Waals surface area contributed by atoms with Gasteiger partial charge in [0.2, 0.25) is 0 Å². The molecule has 0 saturated heterocycles. The maximum absolute atomic E-state index is 11.4. The molecule has 1 heterocycles. The Morgan fingerprint density at radius 1 is 1.29 bits per heavy atom. The second-order valence-corrected chi connectivity index (χ2v) is 12.0. The van der Waals surface area contributed by atoms with Crippen LogP contribution in [0.1, 0.15) is 6.92 Å². The van der Waals surface area contributed by atoms with E-state index in [1.165, 1.54) is 0 Å². The van der Waals surface area contributed by atoms with Crippen LogP contribution in [0, 0.1) is 0 Å². The SMILES string of the molecule is CC(N1C(N)C(C(=O)O)=CN1c1ccccc1)[Si](C)(C)C. The average molecular weight is 305 g/mol. The largest absolute Gasteiger partial charge is 0.478 e. The first-order chi connectivity index (χ1) is 9.73. The fraction of sp³-hybridized carbons (Fsp3) is 0.400. The van der Waals surface area contributed by atoms with Crippen molar-refractivity contribution in [2.24, 2.45) is 5.73 Å². The van der Waals surface area contributed by atoms with Crippen molar-refractivity contribution in [1.82, 2.24) is 5.01 Å². The van der Waals surface area contributed by atoms with Crippen LogP contribution in [-0.2, 0) is 4.79 Å². The van der Waals surface area contributed by atoms with Crippen molar-refractivity contribution < 1.29 is 9.90 Å². The number of rotatable bonds is 4. The number of carboxylic acid groups (broad SMARTS) is 1. The normalized spacial score (nSPS) is 21.3. The summed E-state index contributed by atoms with van der Waals surface area (Å²) >= 11 is 0. The Labute approximate surface area is 126 Å². The summed E-state index contributed by atoms with van der Waals surface area (Å²) in [5, 5.41) is 13.2. The standard InChI is InChI=1S/C15H23N3O2Si/c1-11(21(2,3)4)18-14(16)13(15(19)20)10-17(18)12-8-6-5-7-9-12/h5-11,14H,16H2,1-4H3,(H,19,20). The van der Waals surface area contributed by atoms with E-state index in [1.807, 2.05) is 40.3 Å². The Hall–Kier alpha value is -1.63. The van der Waals surface area contributed by atoms with Crippen LogP contribution < -0.4 is 10.7 Å². The lowest BCUT2D eigenvalue weighted by Gasteiger charge is -2.42. The van der Waals surface area contributed by atoms with E-state index in [2.05, 4.69) is 26.6 Å². The lowest BCUT2D eigenvalue weighted by Crippen LogP contribution is -2.59. The Kier molecular flexibility index (Phi) is 4.22. The maximum atomic E-state index is 11.4. The molecule has 1 aromatic rings. The van der Waals surface area contributed by atoms with Gasteiger partial charge in [-0.05, 0) is 12.1 Å². The van der Waals surface area contributed by atoms with Crippen molar-refractivity contribution in [2.75, 3.05) is 5.01 Å². The number of nitrogens with zero attached hydrogens (tertiary/aromatic N) is 2. The minimum Gasteiger partial charge on any atom is -0.478 e. The van der Waals surface area contributed by atoms with Gasteiger partial charge in [-0.3, -0.25) is 5.01 Å². The second kappa shape index (κ2) is 5.63. The van der Waals surface area contributed by atoms with Crippen LogP contribution in [0.2, 0.25) is 19.6 Å². The molecule has 0 bridgehead atoms. The number of hydrazine groups is 1. The van der Waals surface area contributed by atoms with Crippen LogP contribution in [0.3, 0.4) is 0 Å². The van der Waals surface area contributed by atoms with Gasteiger partial charge in [0.15, 0.2) is 0 Å². The number of nitrogens with two attached hydrogens (primary N) is 1. The van der Waals surface area contributed by atoms with E-state index < -0.39 is 20.2 Å². The van der Waals surface area contributed by atoms with Gasteiger partial charge in [0.05, 0.1) is 19.3 Å². The third-order valence-corrected chi connectivity index (χ3v) is 6.80. The first kappa shape index (κ1) is 15.8. The van der Waals surface area contributed by atoms with Gasteiger partial charge in [-0.1, -0.05) is 44.8 Å². The predicted octanol–water partition coefficient (Wildman–Crippen LogP) is 2.24. The first-order valence-electron chi connectivity index (χ1n) is 7.06. The summed E-state index contributed by atoms with van der Waals surface area (Å²) in [5.74, 6) is -0.964. The van der Waals surface area contributed by atoms with Crippen molar-refractivity contribution in [3.05, 3.63) is 42.1 Å². The third kappa shape index (κ3) is 3.02. The molecule has 1 aromatic carbocycles. The highest BCUT2D eigenvalue weighted by Crippen LogP contribution is 2.31. The van der Waals surface area contributed by atoms with Gasteiger partial charge in [-0.2, -0.15) is 5.01 Å². The number of benzene rings is 1. The molecule has 1 aliphatic rings. The summed E-state index contributed by atoms with van der Waals surface area (Å²) < 4.78 is 0. The molecule has 0 fully saturated rings. The average Bonchev–Trinajstić information content (AvgIpc) is 2.75. The first-order valence-corrected chi connectivity index (χ1v) is 10.6. The van der Waals surface area contributed by atoms with Crippen LogP contribution in [-0.4, -0.2) is 36.0 Å². The van der Waals surface area contributed by atoms with Gasteiger partial charge >= 0.3 is 5.97 Å². The molecule has 6 heteroatoms. The molecule has 5 nitrogen and oxygen atoms in total. The van der Waals surface area contributed by atoms with Crippen LogP contribution >= 0.6 is 0 Å². The van der Waals surface area contributed by atoms with E-state index in [-0.39, 0.29) is 11.2 Å². The molecule has 3 N–H and O–H groups in total. The Balaban J connectivity index is 2.44. The van der Waals surface area contributed by atoms with Gasteiger partial charge < -0.3 is 10.8 Å². The van der Waals surface area contributed by atoms with E-state index >= 15 is 0 Å². The molecule has 2 rings (SSSR count). The minimum absolute atomic E-state index is 0.209. The van der Waals surface area contributed by atoms with Gasteiger partial charge in [0.1, 0.15) is 6.17 Å². The number of hydrogen-bond acceptors (Lipinski definition) is 4. The molecule has 0 spiro atoms. The van der Waals surface area contributed by atoms with Crippen molar-refractivity contribution >= 4 is 19.7 Å². The third-order valence-electron chi connectivity index (χ3n) is 4.03. The second-order valence-electron chi connectivity index (χ2n) is 6.44. The molecule has 0 radical (unpaired) electrons. The van der Waals surface area contributed by atoms with E-state index in [1.54, 1.807) is 6.20 Å². The summed E-state index contributed by atoms with van der Waals surface area (Å²) in [4.78, 5) is 11.4. The highest BCUT2D eigenvalue weighted by Gasteiger charge is 2.41. The quantitative estimate of drug-likeness (QED) is 0.835. The zero-order valence-corrected chi connectivity index (χ0v) is 13.9. The zero-order valence-electron chi connectivity index (χ0n) is 12.9. The highest BCUT2D eigenvalue weighted by atomic mass is 28.3. The monoisotopic (exact) mass is 305 g/mol. The molecule has 0 aliphatic carbocycles. The van der Waals surface area contributed by atoms with Crippen molar-refractivity contribution in [3.8, 4) is 0 Å². The van der Waals surface area contributed by atoms with Gasteiger partial charge in [0.25, 0.3) is 0 Å². The molecule has 0 aromatic heterocycles. The highest BCUT2D eigenvalue weighted by molar-refractivity contribution is 6.77. The van der Waals surface area contributed by atoms with E-state index in [4.69, 9.17) is 5.73 Å². The van der Waals surface area contributed by atoms with E-state index in [9.17, 15) is 9.90 Å². The van der Waals surface area contributed by atoms with Crippen molar-refractivity contribution in [2.45, 2.75) is 38.4 Å². The number of carboxylic acids is 1. The molecule has 2 unspecified atom stereocenters. The van der Waals surface area contributed by atoms with E-state index in [0.717, 1.165) is 5.69 Å². The Bertz CT molecular complexity index is 554. The summed E-state index contributed by atoms with van der Waals surface area (Å²) in [6, 6.07) is 9.72. The topological polar surface area (TPSA) is 69.8 Å². The van der Waals surface area contributed by atoms with Crippen LogP contribution in [0.15, 0.2) is 42.1 Å². The van der Waals surface area contributed by atoms with Crippen molar-refractivity contribution in [3.63, 3.8) is 0 Å². The van der Waals surface area contributed by atoms with Crippen molar-refractivity contribution in [1.29, 1.82) is 0 Å². The summed E-state index contributed by atoms with van der Waals surface area (Å²) in [5.41, 5.74) is 7.57. The van der Waals surface area contributed by atoms with Crippen LogP contribution in [0.4, 0.5) is 5.69 Å². The molecule has 0 amide bonds. The number of aliphatic carboxylic acids is 1. The fourth-order valence-electron chi connectivity index (χ4n) is 2.35. The van der Waals surface area contributed by atoms with Gasteiger partial charge in [-0.25, -0.2) is 4.79 Å². The summed E-state index contributed by atoms with van der Waals surface area (Å²) in [6.07, 6.45) is 1.02. The van der Waals surface area contributed by atoms with Crippen LogP contribution in [0.25, 0.3) is 0 Å².